The first kappa shape index (κ1) is 14.6. The van der Waals surface area contributed by atoms with Gasteiger partial charge in [0, 0.05) is 11.8 Å². The highest BCUT2D eigenvalue weighted by Gasteiger charge is 2.13. The Balaban J connectivity index is 2.23. The van der Waals surface area contributed by atoms with Gasteiger partial charge in [-0.25, -0.2) is 9.18 Å². The van der Waals surface area contributed by atoms with Crippen molar-refractivity contribution in [1.29, 1.82) is 0 Å². The zero-order valence-electron chi connectivity index (χ0n) is 11.4. The lowest BCUT2D eigenvalue weighted by Gasteiger charge is -2.11. The van der Waals surface area contributed by atoms with E-state index in [4.69, 9.17) is 15.6 Å². The molecule has 0 aliphatic heterocycles. The maximum absolute atomic E-state index is 13.7. The van der Waals surface area contributed by atoms with Crippen molar-refractivity contribution in [2.75, 3.05) is 17.7 Å². The zero-order valence-corrected chi connectivity index (χ0v) is 11.4. The summed E-state index contributed by atoms with van der Waals surface area (Å²) in [4.78, 5) is 10.8. The SMILES string of the molecule is CCOc1ccc(Nc2cc(F)c(C(=O)O)cc2N)cc1. The lowest BCUT2D eigenvalue weighted by atomic mass is 10.1. The first-order chi connectivity index (χ1) is 10.0. The lowest BCUT2D eigenvalue weighted by molar-refractivity contribution is 0.0692. The van der Waals surface area contributed by atoms with E-state index in [-0.39, 0.29) is 5.69 Å². The van der Waals surface area contributed by atoms with E-state index in [2.05, 4.69) is 5.32 Å². The van der Waals surface area contributed by atoms with Gasteiger partial charge in [-0.05, 0) is 37.3 Å². The van der Waals surface area contributed by atoms with Crippen LogP contribution >= 0.6 is 0 Å². The molecule has 0 aliphatic rings. The summed E-state index contributed by atoms with van der Waals surface area (Å²) < 4.78 is 19.0. The number of benzene rings is 2. The monoisotopic (exact) mass is 290 g/mol. The Bertz CT molecular complexity index is 657. The van der Waals surface area contributed by atoms with Crippen LogP contribution in [0.15, 0.2) is 36.4 Å². The van der Waals surface area contributed by atoms with E-state index < -0.39 is 17.3 Å². The van der Waals surface area contributed by atoms with Crippen molar-refractivity contribution in [3.8, 4) is 5.75 Å². The highest BCUT2D eigenvalue weighted by molar-refractivity contribution is 5.91. The first-order valence-electron chi connectivity index (χ1n) is 6.33. The van der Waals surface area contributed by atoms with Gasteiger partial charge in [-0.15, -0.1) is 0 Å². The van der Waals surface area contributed by atoms with Crippen LogP contribution in [-0.4, -0.2) is 17.7 Å². The molecule has 21 heavy (non-hydrogen) atoms. The number of anilines is 3. The summed E-state index contributed by atoms with van der Waals surface area (Å²) in [5, 5.41) is 11.8. The normalized spacial score (nSPS) is 10.2. The van der Waals surface area contributed by atoms with Gasteiger partial charge in [0.15, 0.2) is 0 Å². The summed E-state index contributed by atoms with van der Waals surface area (Å²) in [6.45, 7) is 2.46. The van der Waals surface area contributed by atoms with Gasteiger partial charge in [0.25, 0.3) is 0 Å². The third-order valence-corrected chi connectivity index (χ3v) is 2.81. The van der Waals surface area contributed by atoms with Crippen LogP contribution < -0.4 is 15.8 Å². The average Bonchev–Trinajstić information content (AvgIpc) is 2.44. The molecule has 0 heterocycles. The Morgan fingerprint density at radius 3 is 2.57 bits per heavy atom. The number of hydrogen-bond acceptors (Lipinski definition) is 4. The maximum atomic E-state index is 13.7. The van der Waals surface area contributed by atoms with Crippen LogP contribution in [0.25, 0.3) is 0 Å². The second-order valence-electron chi connectivity index (χ2n) is 4.31. The molecule has 0 saturated carbocycles. The van der Waals surface area contributed by atoms with Gasteiger partial charge in [0.1, 0.15) is 11.6 Å². The fourth-order valence-electron chi connectivity index (χ4n) is 1.82. The van der Waals surface area contributed by atoms with Gasteiger partial charge in [-0.1, -0.05) is 0 Å². The number of nitrogens with two attached hydrogens (primary N) is 1. The molecule has 6 heteroatoms. The smallest absolute Gasteiger partial charge is 0.338 e. The quantitative estimate of drug-likeness (QED) is 0.736. The Hall–Kier alpha value is -2.76. The van der Waals surface area contributed by atoms with Gasteiger partial charge in [0.2, 0.25) is 0 Å². The van der Waals surface area contributed by atoms with E-state index >= 15 is 0 Å². The molecule has 0 fully saturated rings. The standard InChI is InChI=1S/C15H15FN2O3/c1-2-21-10-5-3-9(4-6-10)18-14-8-12(16)11(15(19)20)7-13(14)17/h3-8,18H,2,17H2,1H3,(H,19,20). The fourth-order valence-corrected chi connectivity index (χ4v) is 1.82. The number of aromatic carboxylic acids is 1. The van der Waals surface area contributed by atoms with Crippen molar-refractivity contribution < 1.29 is 19.0 Å². The summed E-state index contributed by atoms with van der Waals surface area (Å²) in [6.07, 6.45) is 0. The van der Waals surface area contributed by atoms with Gasteiger partial charge in [-0.2, -0.15) is 0 Å². The minimum atomic E-state index is -1.35. The number of nitrogens with one attached hydrogen (secondary N) is 1. The molecule has 2 aromatic rings. The van der Waals surface area contributed by atoms with Crippen molar-refractivity contribution in [2.24, 2.45) is 0 Å². The number of nitrogen functional groups attached to an aromatic ring is 1. The number of rotatable bonds is 5. The second-order valence-corrected chi connectivity index (χ2v) is 4.31. The summed E-state index contributed by atoms with van der Waals surface area (Å²) in [5.74, 6) is -1.47. The molecule has 0 bridgehead atoms. The van der Waals surface area contributed by atoms with Crippen molar-refractivity contribution in [3.63, 3.8) is 0 Å². The molecule has 4 N–H and O–H groups in total. The molecule has 2 rings (SSSR count). The molecule has 0 atom stereocenters. The van der Waals surface area contributed by atoms with Crippen molar-refractivity contribution in [1.82, 2.24) is 0 Å². The van der Waals surface area contributed by atoms with Gasteiger partial charge >= 0.3 is 5.97 Å². The molecule has 0 radical (unpaired) electrons. The molecule has 0 unspecified atom stereocenters. The zero-order chi connectivity index (χ0) is 15.4. The number of hydrogen-bond donors (Lipinski definition) is 3. The minimum Gasteiger partial charge on any atom is -0.494 e. The van der Waals surface area contributed by atoms with Crippen LogP contribution in [0.3, 0.4) is 0 Å². The van der Waals surface area contributed by atoms with E-state index in [1.54, 1.807) is 24.3 Å². The third kappa shape index (κ3) is 3.42. The van der Waals surface area contributed by atoms with Crippen molar-refractivity contribution >= 4 is 23.0 Å². The van der Waals surface area contributed by atoms with Gasteiger partial charge < -0.3 is 20.9 Å². The molecule has 5 nitrogen and oxygen atoms in total. The molecule has 0 aromatic heterocycles. The van der Waals surface area contributed by atoms with E-state index in [1.807, 2.05) is 6.92 Å². The highest BCUT2D eigenvalue weighted by Crippen LogP contribution is 2.27. The predicted octanol–water partition coefficient (Wildman–Crippen LogP) is 3.25. The summed E-state index contributed by atoms with van der Waals surface area (Å²) >= 11 is 0. The number of carboxylic acid groups (broad SMARTS) is 1. The fraction of sp³-hybridized carbons (Fsp3) is 0.133. The molecule has 0 spiro atoms. The molecule has 0 aliphatic carbocycles. The molecule has 110 valence electrons. The highest BCUT2D eigenvalue weighted by atomic mass is 19.1. The number of carboxylic acids is 1. The van der Waals surface area contributed by atoms with Crippen LogP contribution in [0, 0.1) is 5.82 Å². The maximum Gasteiger partial charge on any atom is 0.338 e. The van der Waals surface area contributed by atoms with E-state index in [9.17, 15) is 9.18 Å². The van der Waals surface area contributed by atoms with Gasteiger partial charge in [0.05, 0.1) is 23.5 Å². The second kappa shape index (κ2) is 6.13. The lowest BCUT2D eigenvalue weighted by Crippen LogP contribution is -2.05. The topological polar surface area (TPSA) is 84.6 Å². The van der Waals surface area contributed by atoms with E-state index in [0.717, 1.165) is 17.9 Å². The van der Waals surface area contributed by atoms with Crippen LogP contribution in [0.4, 0.5) is 21.5 Å². The Morgan fingerprint density at radius 2 is 2.00 bits per heavy atom. The van der Waals surface area contributed by atoms with E-state index in [0.29, 0.717) is 18.0 Å². The van der Waals surface area contributed by atoms with E-state index in [1.165, 1.54) is 0 Å². The molecular weight excluding hydrogens is 275 g/mol. The predicted molar refractivity (Wildman–Crippen MR) is 78.7 cm³/mol. The number of ether oxygens (including phenoxy) is 1. The summed E-state index contributed by atoms with van der Waals surface area (Å²) in [6, 6.07) is 9.21. The number of carbonyl (C=O) groups is 1. The van der Waals surface area contributed by atoms with Crippen LogP contribution in [0.5, 0.6) is 5.75 Å². The summed E-state index contributed by atoms with van der Waals surface area (Å²) in [5.41, 5.74) is 6.43. The minimum absolute atomic E-state index is 0.155. The largest absolute Gasteiger partial charge is 0.494 e. The third-order valence-electron chi connectivity index (χ3n) is 2.81. The number of halogens is 1. The molecule has 0 saturated heterocycles. The summed E-state index contributed by atoms with van der Waals surface area (Å²) in [7, 11) is 0. The molecule has 0 amide bonds. The first-order valence-corrected chi connectivity index (χ1v) is 6.33. The van der Waals surface area contributed by atoms with Crippen LogP contribution in [0.1, 0.15) is 17.3 Å². The Morgan fingerprint density at radius 1 is 1.33 bits per heavy atom. The van der Waals surface area contributed by atoms with Crippen LogP contribution in [-0.2, 0) is 0 Å². The Labute approximate surface area is 121 Å². The Kier molecular flexibility index (Phi) is 4.27. The molecule has 2 aromatic carbocycles. The van der Waals surface area contributed by atoms with Crippen LogP contribution in [0.2, 0.25) is 0 Å². The van der Waals surface area contributed by atoms with Crippen molar-refractivity contribution in [3.05, 3.63) is 47.8 Å². The van der Waals surface area contributed by atoms with Crippen molar-refractivity contribution in [2.45, 2.75) is 6.92 Å². The average molecular weight is 290 g/mol. The molecular formula is C15H15FN2O3. The van der Waals surface area contributed by atoms with Gasteiger partial charge in [-0.3, -0.25) is 0 Å².